The van der Waals surface area contributed by atoms with Crippen molar-refractivity contribution in [3.8, 4) is 17.1 Å². The van der Waals surface area contributed by atoms with E-state index in [1.807, 2.05) is 24.3 Å². The third-order valence-electron chi connectivity index (χ3n) is 2.85. The van der Waals surface area contributed by atoms with Crippen LogP contribution in [0.3, 0.4) is 0 Å². The molecule has 0 saturated carbocycles. The number of hydrogen-bond acceptors (Lipinski definition) is 6. The molecule has 0 radical (unpaired) electrons. The second kappa shape index (κ2) is 8.40. The lowest BCUT2D eigenvalue weighted by Crippen LogP contribution is -2.31. The highest BCUT2D eigenvalue weighted by Gasteiger charge is 2.08. The molecule has 4 N–H and O–H groups in total. The summed E-state index contributed by atoms with van der Waals surface area (Å²) in [5, 5.41) is 7.41. The van der Waals surface area contributed by atoms with Crippen molar-refractivity contribution >= 4 is 17.7 Å². The van der Waals surface area contributed by atoms with Crippen molar-refractivity contribution in [2.45, 2.75) is 24.9 Å². The maximum Gasteiger partial charge on any atom is 0.244 e. The van der Waals surface area contributed by atoms with Gasteiger partial charge in [0.05, 0.1) is 12.4 Å². The van der Waals surface area contributed by atoms with Crippen molar-refractivity contribution in [2.24, 2.45) is 5.84 Å². The molecule has 1 amide bonds. The minimum atomic E-state index is -0.273. The van der Waals surface area contributed by atoms with E-state index in [0.717, 1.165) is 30.8 Å². The van der Waals surface area contributed by atoms with E-state index in [1.165, 1.54) is 11.8 Å². The van der Waals surface area contributed by atoms with Gasteiger partial charge in [0.15, 0.2) is 5.82 Å². The van der Waals surface area contributed by atoms with Gasteiger partial charge in [0.2, 0.25) is 11.1 Å². The largest absolute Gasteiger partial charge is 0.494 e. The lowest BCUT2D eigenvalue weighted by Gasteiger charge is -2.05. The molecular weight excluding hydrogens is 302 g/mol. The number of carbonyl (C=O) groups excluding carboxylic acids is 1. The number of aromatic amines is 1. The number of hydrogen-bond donors (Lipinski definition) is 3. The molecule has 2 rings (SSSR count). The predicted molar refractivity (Wildman–Crippen MR) is 85.3 cm³/mol. The van der Waals surface area contributed by atoms with Crippen molar-refractivity contribution in [1.82, 2.24) is 20.6 Å². The van der Waals surface area contributed by atoms with Gasteiger partial charge in [-0.1, -0.05) is 25.1 Å². The molecule has 118 valence electrons. The Balaban J connectivity index is 1.94. The number of hydrazine groups is 1. The summed E-state index contributed by atoms with van der Waals surface area (Å²) in [5.74, 6) is 6.41. The minimum Gasteiger partial charge on any atom is -0.494 e. The number of amides is 1. The highest BCUT2D eigenvalue weighted by Crippen LogP contribution is 2.21. The average molecular weight is 321 g/mol. The molecule has 0 aliphatic carbocycles. The van der Waals surface area contributed by atoms with Crippen LogP contribution in [0.25, 0.3) is 11.4 Å². The van der Waals surface area contributed by atoms with Crippen LogP contribution in [-0.2, 0) is 4.79 Å². The monoisotopic (exact) mass is 321 g/mol. The van der Waals surface area contributed by atoms with E-state index in [4.69, 9.17) is 10.6 Å². The van der Waals surface area contributed by atoms with Crippen molar-refractivity contribution < 1.29 is 9.53 Å². The fraction of sp³-hybridized carbons (Fsp3) is 0.357. The first-order valence-electron chi connectivity index (χ1n) is 7.00. The Morgan fingerprint density at radius 1 is 1.41 bits per heavy atom. The molecule has 2 aromatic rings. The zero-order valence-electron chi connectivity index (χ0n) is 12.3. The van der Waals surface area contributed by atoms with Crippen LogP contribution in [0.15, 0.2) is 29.4 Å². The minimum absolute atomic E-state index is 0.179. The molecule has 22 heavy (non-hydrogen) atoms. The summed E-state index contributed by atoms with van der Waals surface area (Å²) in [5.41, 5.74) is 2.97. The SMILES string of the molecule is CCCCOc1ccc(-c2nc(SCC(=O)NN)n[nH]2)cc1. The van der Waals surface area contributed by atoms with Crippen LogP contribution >= 0.6 is 11.8 Å². The summed E-state index contributed by atoms with van der Waals surface area (Å²) in [6.45, 7) is 2.85. The fourth-order valence-corrected chi connectivity index (χ4v) is 2.26. The van der Waals surface area contributed by atoms with Gasteiger partial charge >= 0.3 is 0 Å². The number of unbranched alkanes of at least 4 members (excludes halogenated alkanes) is 1. The van der Waals surface area contributed by atoms with Gasteiger partial charge in [0, 0.05) is 5.56 Å². The Hall–Kier alpha value is -2.06. The predicted octanol–water partition coefficient (Wildman–Crippen LogP) is 1.73. The molecule has 0 fully saturated rings. The van der Waals surface area contributed by atoms with Crippen LogP contribution < -0.4 is 16.0 Å². The molecule has 1 heterocycles. The molecule has 0 saturated heterocycles. The van der Waals surface area contributed by atoms with Crippen molar-refractivity contribution in [1.29, 1.82) is 0 Å². The van der Waals surface area contributed by atoms with E-state index >= 15 is 0 Å². The van der Waals surface area contributed by atoms with Gasteiger partial charge in [0.1, 0.15) is 5.75 Å². The molecule has 1 aromatic carbocycles. The van der Waals surface area contributed by atoms with Gasteiger partial charge in [-0.25, -0.2) is 10.8 Å². The van der Waals surface area contributed by atoms with Crippen LogP contribution in [0.5, 0.6) is 5.75 Å². The first kappa shape index (κ1) is 16.3. The maximum absolute atomic E-state index is 11.1. The number of carbonyl (C=O) groups is 1. The number of ether oxygens (including phenoxy) is 1. The quantitative estimate of drug-likeness (QED) is 0.225. The third kappa shape index (κ3) is 4.74. The second-order valence-electron chi connectivity index (χ2n) is 4.55. The van der Waals surface area contributed by atoms with Gasteiger partial charge in [-0.15, -0.1) is 5.10 Å². The number of aromatic nitrogens is 3. The Kier molecular flexibility index (Phi) is 6.23. The average Bonchev–Trinajstić information content (AvgIpc) is 3.02. The summed E-state index contributed by atoms with van der Waals surface area (Å²) >= 11 is 1.22. The lowest BCUT2D eigenvalue weighted by atomic mass is 10.2. The number of rotatable bonds is 8. The molecule has 0 aliphatic rings. The number of nitrogens with zero attached hydrogens (tertiary/aromatic N) is 2. The van der Waals surface area contributed by atoms with Crippen LogP contribution in [0.1, 0.15) is 19.8 Å². The van der Waals surface area contributed by atoms with Gasteiger partial charge in [-0.3, -0.25) is 15.3 Å². The summed E-state index contributed by atoms with van der Waals surface area (Å²) in [7, 11) is 0. The zero-order chi connectivity index (χ0) is 15.8. The van der Waals surface area contributed by atoms with E-state index in [0.29, 0.717) is 11.0 Å². The van der Waals surface area contributed by atoms with Gasteiger partial charge < -0.3 is 4.74 Å². The normalized spacial score (nSPS) is 10.5. The van der Waals surface area contributed by atoms with Crippen molar-refractivity contribution in [2.75, 3.05) is 12.4 Å². The highest BCUT2D eigenvalue weighted by atomic mass is 32.2. The smallest absolute Gasteiger partial charge is 0.244 e. The van der Waals surface area contributed by atoms with E-state index in [9.17, 15) is 4.79 Å². The third-order valence-corrected chi connectivity index (χ3v) is 3.70. The van der Waals surface area contributed by atoms with Crippen LogP contribution in [0, 0.1) is 0 Å². The van der Waals surface area contributed by atoms with E-state index < -0.39 is 0 Å². The number of thioether (sulfide) groups is 1. The highest BCUT2D eigenvalue weighted by molar-refractivity contribution is 7.99. The van der Waals surface area contributed by atoms with Gasteiger partial charge in [0.25, 0.3) is 0 Å². The van der Waals surface area contributed by atoms with E-state index in [1.54, 1.807) is 0 Å². The van der Waals surface area contributed by atoms with Crippen molar-refractivity contribution in [3.05, 3.63) is 24.3 Å². The Morgan fingerprint density at radius 2 is 2.18 bits per heavy atom. The van der Waals surface area contributed by atoms with E-state index in [2.05, 4.69) is 27.5 Å². The molecule has 7 nitrogen and oxygen atoms in total. The van der Waals surface area contributed by atoms with Crippen LogP contribution in [0.2, 0.25) is 0 Å². The molecule has 0 aliphatic heterocycles. The summed E-state index contributed by atoms with van der Waals surface area (Å²) in [6, 6.07) is 7.65. The second-order valence-corrected chi connectivity index (χ2v) is 5.49. The lowest BCUT2D eigenvalue weighted by molar-refractivity contribution is -0.118. The number of nitrogens with one attached hydrogen (secondary N) is 2. The molecule has 8 heteroatoms. The summed E-state index contributed by atoms with van der Waals surface area (Å²) in [6.07, 6.45) is 2.15. The van der Waals surface area contributed by atoms with Gasteiger partial charge in [-0.05, 0) is 30.7 Å². The fourth-order valence-electron chi connectivity index (χ4n) is 1.66. The number of benzene rings is 1. The molecular formula is C14H19N5O2S. The first-order valence-corrected chi connectivity index (χ1v) is 7.99. The Morgan fingerprint density at radius 3 is 2.86 bits per heavy atom. The topological polar surface area (TPSA) is 106 Å². The molecule has 0 spiro atoms. The molecule has 0 atom stereocenters. The molecule has 0 unspecified atom stereocenters. The van der Waals surface area contributed by atoms with E-state index in [-0.39, 0.29) is 11.7 Å². The molecule has 0 bridgehead atoms. The summed E-state index contributed by atoms with van der Waals surface area (Å²) < 4.78 is 5.61. The zero-order valence-corrected chi connectivity index (χ0v) is 13.2. The Bertz CT molecular complexity index is 600. The Labute approximate surface area is 133 Å². The maximum atomic E-state index is 11.1. The van der Waals surface area contributed by atoms with Crippen molar-refractivity contribution in [3.63, 3.8) is 0 Å². The molecule has 1 aromatic heterocycles. The number of H-pyrrole nitrogens is 1. The number of nitrogens with two attached hydrogens (primary N) is 1. The van der Waals surface area contributed by atoms with Gasteiger partial charge in [-0.2, -0.15) is 0 Å². The summed E-state index contributed by atoms with van der Waals surface area (Å²) in [4.78, 5) is 15.4. The standard InChI is InChI=1S/C14H19N5O2S/c1-2-3-8-21-11-6-4-10(5-7-11)13-16-14(19-18-13)22-9-12(20)17-15/h4-7H,2-3,8-9,15H2,1H3,(H,17,20)(H,16,18,19). The first-order chi connectivity index (χ1) is 10.7. The van der Waals surface area contributed by atoms with Crippen LogP contribution in [0.4, 0.5) is 0 Å². The van der Waals surface area contributed by atoms with Crippen LogP contribution in [-0.4, -0.2) is 33.4 Å².